The van der Waals surface area contributed by atoms with Gasteiger partial charge in [-0.05, 0) is 35.7 Å². The van der Waals surface area contributed by atoms with Crippen LogP contribution in [-0.2, 0) is 11.2 Å². The number of carbonyl (C=O) groups is 2. The van der Waals surface area contributed by atoms with Crippen molar-refractivity contribution in [3.8, 4) is 11.5 Å². The van der Waals surface area contributed by atoms with E-state index in [1.54, 1.807) is 30.3 Å². The number of hydrogen-bond donors (Lipinski definition) is 2. The number of hydrazine groups is 1. The molecule has 1 atom stereocenters. The molecule has 1 heterocycles. The fourth-order valence-corrected chi connectivity index (χ4v) is 3.13. The Labute approximate surface area is 168 Å². The number of para-hydroxylation sites is 2. The maximum absolute atomic E-state index is 12.6. The molecule has 2 N–H and O–H groups in total. The number of carbonyl (C=O) groups excluding carboxylic acids is 2. The van der Waals surface area contributed by atoms with Crippen molar-refractivity contribution in [1.82, 2.24) is 10.9 Å². The van der Waals surface area contributed by atoms with Gasteiger partial charge in [0, 0.05) is 5.56 Å². The number of rotatable bonds is 4. The van der Waals surface area contributed by atoms with E-state index < -0.39 is 12.0 Å². The highest BCUT2D eigenvalue weighted by molar-refractivity contribution is 5.97. The Morgan fingerprint density at radius 1 is 0.828 bits per heavy atom. The Morgan fingerprint density at radius 3 is 2.34 bits per heavy atom. The molecule has 4 rings (SSSR count). The quantitative estimate of drug-likeness (QED) is 0.674. The van der Waals surface area contributed by atoms with Crippen molar-refractivity contribution in [3.63, 3.8) is 0 Å². The number of amides is 2. The number of ether oxygens (including phenoxy) is 2. The molecule has 0 spiro atoms. The number of hydrogen-bond acceptors (Lipinski definition) is 4. The highest BCUT2D eigenvalue weighted by atomic mass is 16.6. The second-order valence-corrected chi connectivity index (χ2v) is 6.63. The van der Waals surface area contributed by atoms with Crippen LogP contribution in [0.4, 0.5) is 0 Å². The Balaban J connectivity index is 1.38. The van der Waals surface area contributed by atoms with E-state index in [4.69, 9.17) is 9.47 Å². The molecular formula is C23H20N2O4. The first-order valence-corrected chi connectivity index (χ1v) is 9.31. The first kappa shape index (κ1) is 18.6. The molecule has 1 aliphatic rings. The van der Waals surface area contributed by atoms with Gasteiger partial charge in [-0.15, -0.1) is 0 Å². The van der Waals surface area contributed by atoms with Crippen molar-refractivity contribution >= 4 is 11.8 Å². The Kier molecular flexibility index (Phi) is 5.42. The van der Waals surface area contributed by atoms with E-state index in [1.165, 1.54) is 0 Å². The predicted octanol–water partition coefficient (Wildman–Crippen LogP) is 2.88. The summed E-state index contributed by atoms with van der Waals surface area (Å²) in [7, 11) is 0. The van der Waals surface area contributed by atoms with Crippen LogP contribution in [0, 0.1) is 0 Å². The molecule has 0 radical (unpaired) electrons. The van der Waals surface area contributed by atoms with Crippen LogP contribution in [0.3, 0.4) is 0 Å². The van der Waals surface area contributed by atoms with Gasteiger partial charge >= 0.3 is 0 Å². The molecule has 0 fully saturated rings. The largest absolute Gasteiger partial charge is 0.485 e. The van der Waals surface area contributed by atoms with Gasteiger partial charge in [-0.3, -0.25) is 20.4 Å². The topological polar surface area (TPSA) is 76.7 Å². The average molecular weight is 388 g/mol. The minimum Gasteiger partial charge on any atom is -0.485 e. The molecule has 2 amide bonds. The summed E-state index contributed by atoms with van der Waals surface area (Å²) in [6.07, 6.45) is -0.223. The van der Waals surface area contributed by atoms with Gasteiger partial charge in [0.2, 0.25) is 6.10 Å². The fraction of sp³-hybridized carbons (Fsp3) is 0.130. The summed E-state index contributed by atoms with van der Waals surface area (Å²) in [6.45, 7) is 0.0727. The van der Waals surface area contributed by atoms with Gasteiger partial charge in [0.1, 0.15) is 6.61 Å². The summed E-state index contributed by atoms with van der Waals surface area (Å²) in [5.74, 6) is 0.226. The Hall–Kier alpha value is -3.80. The second kappa shape index (κ2) is 8.48. The molecule has 6 nitrogen and oxygen atoms in total. The van der Waals surface area contributed by atoms with Gasteiger partial charge in [-0.25, -0.2) is 0 Å². The maximum atomic E-state index is 12.6. The molecule has 1 aliphatic heterocycles. The van der Waals surface area contributed by atoms with Gasteiger partial charge < -0.3 is 9.47 Å². The SMILES string of the molecule is O=C(NNC(=O)[C@H]1COc2ccccc2O1)c1ccccc1Cc1ccccc1. The van der Waals surface area contributed by atoms with E-state index in [9.17, 15) is 9.59 Å². The predicted molar refractivity (Wildman–Crippen MR) is 108 cm³/mol. The second-order valence-electron chi connectivity index (χ2n) is 6.63. The lowest BCUT2D eigenvalue weighted by Crippen LogP contribution is -2.51. The molecule has 0 saturated carbocycles. The molecule has 0 aromatic heterocycles. The van der Waals surface area contributed by atoms with Crippen molar-refractivity contribution in [3.05, 3.63) is 95.6 Å². The lowest BCUT2D eigenvalue weighted by molar-refractivity contribution is -0.131. The van der Waals surface area contributed by atoms with Crippen molar-refractivity contribution in [2.45, 2.75) is 12.5 Å². The molecule has 0 saturated heterocycles. The summed E-state index contributed by atoms with van der Waals surface area (Å²) in [6, 6.07) is 24.3. The number of nitrogens with one attached hydrogen (secondary N) is 2. The zero-order chi connectivity index (χ0) is 20.1. The van der Waals surface area contributed by atoms with Gasteiger partial charge in [0.25, 0.3) is 11.8 Å². The van der Waals surface area contributed by atoms with E-state index >= 15 is 0 Å². The van der Waals surface area contributed by atoms with Crippen LogP contribution in [0.15, 0.2) is 78.9 Å². The monoisotopic (exact) mass is 388 g/mol. The van der Waals surface area contributed by atoms with Crippen LogP contribution in [0.5, 0.6) is 11.5 Å². The third kappa shape index (κ3) is 4.38. The first-order chi connectivity index (χ1) is 14.2. The van der Waals surface area contributed by atoms with Crippen molar-refractivity contribution in [2.75, 3.05) is 6.61 Å². The Bertz CT molecular complexity index is 1020. The van der Waals surface area contributed by atoms with E-state index in [0.717, 1.165) is 11.1 Å². The van der Waals surface area contributed by atoms with Crippen LogP contribution in [-0.4, -0.2) is 24.5 Å². The molecule has 3 aromatic carbocycles. The van der Waals surface area contributed by atoms with Crippen LogP contribution < -0.4 is 20.3 Å². The Morgan fingerprint density at radius 2 is 1.52 bits per heavy atom. The summed E-state index contributed by atoms with van der Waals surface area (Å²) in [5.41, 5.74) is 7.38. The van der Waals surface area contributed by atoms with Gasteiger partial charge in [-0.1, -0.05) is 60.7 Å². The molecule has 0 bridgehead atoms. The van der Waals surface area contributed by atoms with Gasteiger partial charge in [-0.2, -0.15) is 0 Å². The molecule has 0 aliphatic carbocycles. The number of fused-ring (bicyclic) bond motifs is 1. The zero-order valence-electron chi connectivity index (χ0n) is 15.6. The molecule has 146 valence electrons. The van der Waals surface area contributed by atoms with Crippen molar-refractivity contribution < 1.29 is 19.1 Å². The molecular weight excluding hydrogens is 368 g/mol. The highest BCUT2D eigenvalue weighted by Crippen LogP contribution is 2.30. The third-order valence-corrected chi connectivity index (χ3v) is 4.60. The first-order valence-electron chi connectivity index (χ1n) is 9.31. The lowest BCUT2D eigenvalue weighted by Gasteiger charge is -2.25. The molecule has 6 heteroatoms. The standard InChI is InChI=1S/C23H20N2O4/c26-22(18-11-5-4-10-17(18)14-16-8-2-1-3-9-16)24-25-23(27)21-15-28-19-12-6-7-13-20(19)29-21/h1-13,21H,14-15H2,(H,24,26)(H,25,27)/t21-/m1/s1. The number of benzene rings is 3. The normalized spacial score (nSPS) is 14.7. The van der Waals surface area contributed by atoms with E-state index in [0.29, 0.717) is 23.5 Å². The minimum atomic E-state index is -0.843. The highest BCUT2D eigenvalue weighted by Gasteiger charge is 2.27. The fourth-order valence-electron chi connectivity index (χ4n) is 3.13. The van der Waals surface area contributed by atoms with Gasteiger partial charge in [0.05, 0.1) is 0 Å². The zero-order valence-corrected chi connectivity index (χ0v) is 15.6. The summed E-state index contributed by atoms with van der Waals surface area (Å²) in [5, 5.41) is 0. The summed E-state index contributed by atoms with van der Waals surface area (Å²) < 4.78 is 11.2. The van der Waals surface area contributed by atoms with E-state index in [2.05, 4.69) is 10.9 Å². The van der Waals surface area contributed by atoms with Crippen molar-refractivity contribution in [1.29, 1.82) is 0 Å². The van der Waals surface area contributed by atoms with E-state index in [-0.39, 0.29) is 12.5 Å². The third-order valence-electron chi connectivity index (χ3n) is 4.60. The summed E-state index contributed by atoms with van der Waals surface area (Å²) >= 11 is 0. The molecule has 0 unspecified atom stereocenters. The van der Waals surface area contributed by atoms with Crippen molar-refractivity contribution in [2.24, 2.45) is 0 Å². The molecule has 29 heavy (non-hydrogen) atoms. The average Bonchev–Trinajstić information content (AvgIpc) is 2.78. The van der Waals surface area contributed by atoms with Crippen LogP contribution in [0.1, 0.15) is 21.5 Å². The van der Waals surface area contributed by atoms with Gasteiger partial charge in [0.15, 0.2) is 11.5 Å². The van der Waals surface area contributed by atoms with Crippen LogP contribution >= 0.6 is 0 Å². The van der Waals surface area contributed by atoms with Crippen LogP contribution in [0.2, 0.25) is 0 Å². The smallest absolute Gasteiger partial charge is 0.283 e. The van der Waals surface area contributed by atoms with E-state index in [1.807, 2.05) is 48.5 Å². The lowest BCUT2D eigenvalue weighted by atomic mass is 9.99. The van der Waals surface area contributed by atoms with Crippen LogP contribution in [0.25, 0.3) is 0 Å². The minimum absolute atomic E-state index is 0.0727. The molecule has 3 aromatic rings. The summed E-state index contributed by atoms with van der Waals surface area (Å²) in [4.78, 5) is 25.0. The maximum Gasteiger partial charge on any atom is 0.283 e.